The molecular formula is C9H11N3O4S. The van der Waals surface area contributed by atoms with Gasteiger partial charge in [0.2, 0.25) is 0 Å². The fourth-order valence-electron chi connectivity index (χ4n) is 1.24. The number of rotatable bonds is 5. The number of carbonyl (C=O) groups excluding carboxylic acids is 1. The molecule has 0 bridgehead atoms. The van der Waals surface area contributed by atoms with Crippen LogP contribution in [0, 0.1) is 0 Å². The summed E-state index contributed by atoms with van der Waals surface area (Å²) in [7, 11) is 1.23. The predicted octanol–water partition coefficient (Wildman–Crippen LogP) is 1.24. The summed E-state index contributed by atoms with van der Waals surface area (Å²) in [6.45, 7) is -0.270. The van der Waals surface area contributed by atoms with E-state index in [-0.39, 0.29) is 17.0 Å². The zero-order chi connectivity index (χ0) is 12.8. The second-order valence-electron chi connectivity index (χ2n) is 3.12. The van der Waals surface area contributed by atoms with Crippen LogP contribution in [0.25, 0.3) is 10.4 Å². The quantitative estimate of drug-likeness (QED) is 0.357. The lowest BCUT2D eigenvalue weighted by atomic mass is 10.1. The van der Waals surface area contributed by atoms with E-state index in [0.717, 1.165) is 11.3 Å². The van der Waals surface area contributed by atoms with Crippen LogP contribution in [0.1, 0.15) is 21.3 Å². The second kappa shape index (κ2) is 6.21. The van der Waals surface area contributed by atoms with Crippen LogP contribution in [0.3, 0.4) is 0 Å². The summed E-state index contributed by atoms with van der Waals surface area (Å²) in [6, 6.07) is 1.51. The molecule has 1 heterocycles. The summed E-state index contributed by atoms with van der Waals surface area (Å²) < 4.78 is 4.54. The van der Waals surface area contributed by atoms with Gasteiger partial charge in [-0.1, -0.05) is 5.11 Å². The van der Waals surface area contributed by atoms with E-state index >= 15 is 0 Å². The van der Waals surface area contributed by atoms with E-state index in [1.165, 1.54) is 13.2 Å². The molecule has 92 valence electrons. The molecular weight excluding hydrogens is 246 g/mol. The summed E-state index contributed by atoms with van der Waals surface area (Å²) in [6.07, 6.45) is -2.55. The van der Waals surface area contributed by atoms with Crippen LogP contribution in [0.4, 0.5) is 0 Å². The van der Waals surface area contributed by atoms with Gasteiger partial charge in [-0.25, -0.2) is 4.79 Å². The van der Waals surface area contributed by atoms with E-state index < -0.39 is 18.2 Å². The standard InChI is InChI=1S/C9H11N3O4S/c1-16-9(15)8-5(2-3-17-8)7(14)6(13)4-11-12-10/h2-3,6-7,13-14H,4H2,1H3. The van der Waals surface area contributed by atoms with Crippen LogP contribution >= 0.6 is 11.3 Å². The zero-order valence-corrected chi connectivity index (χ0v) is 9.79. The fraction of sp³-hybridized carbons (Fsp3) is 0.444. The Morgan fingerprint density at radius 3 is 3.00 bits per heavy atom. The first kappa shape index (κ1) is 13.5. The molecule has 0 saturated carbocycles. The Labute approximate surface area is 101 Å². The van der Waals surface area contributed by atoms with Gasteiger partial charge in [0.05, 0.1) is 19.8 Å². The second-order valence-corrected chi connectivity index (χ2v) is 4.04. The first-order valence-electron chi connectivity index (χ1n) is 4.64. The van der Waals surface area contributed by atoms with Crippen molar-refractivity contribution in [3.8, 4) is 0 Å². The van der Waals surface area contributed by atoms with Crippen molar-refractivity contribution in [3.05, 3.63) is 32.3 Å². The zero-order valence-electron chi connectivity index (χ0n) is 8.98. The average Bonchev–Trinajstić information content (AvgIpc) is 2.82. The molecule has 0 fully saturated rings. The largest absolute Gasteiger partial charge is 0.465 e. The van der Waals surface area contributed by atoms with Crippen molar-refractivity contribution in [2.45, 2.75) is 12.2 Å². The molecule has 2 atom stereocenters. The molecule has 17 heavy (non-hydrogen) atoms. The van der Waals surface area contributed by atoms with Crippen molar-refractivity contribution < 1.29 is 19.7 Å². The third kappa shape index (κ3) is 3.18. The molecule has 1 rings (SSSR count). The topological polar surface area (TPSA) is 116 Å². The predicted molar refractivity (Wildman–Crippen MR) is 60.6 cm³/mol. The highest BCUT2D eigenvalue weighted by molar-refractivity contribution is 7.12. The maximum atomic E-state index is 11.3. The number of esters is 1. The number of hydrogen-bond acceptors (Lipinski definition) is 6. The van der Waals surface area contributed by atoms with Crippen LogP contribution in [-0.4, -0.2) is 35.9 Å². The Morgan fingerprint density at radius 1 is 1.71 bits per heavy atom. The van der Waals surface area contributed by atoms with E-state index in [4.69, 9.17) is 5.53 Å². The molecule has 0 aliphatic carbocycles. The summed E-state index contributed by atoms with van der Waals surface area (Å²) in [5.74, 6) is -0.579. The smallest absolute Gasteiger partial charge is 0.348 e. The van der Waals surface area contributed by atoms with Crippen LogP contribution < -0.4 is 0 Å². The number of carbonyl (C=O) groups is 1. The number of thiophene rings is 1. The van der Waals surface area contributed by atoms with Gasteiger partial charge in [0, 0.05) is 10.5 Å². The third-order valence-electron chi connectivity index (χ3n) is 2.08. The van der Waals surface area contributed by atoms with E-state index in [1.54, 1.807) is 5.38 Å². The summed E-state index contributed by atoms with van der Waals surface area (Å²) >= 11 is 1.10. The Hall–Kier alpha value is -1.60. The van der Waals surface area contributed by atoms with Gasteiger partial charge in [0.15, 0.2) is 0 Å². The van der Waals surface area contributed by atoms with Crippen molar-refractivity contribution in [1.29, 1.82) is 0 Å². The molecule has 1 aromatic heterocycles. The molecule has 7 nitrogen and oxygen atoms in total. The highest BCUT2D eigenvalue weighted by atomic mass is 32.1. The van der Waals surface area contributed by atoms with Crippen molar-refractivity contribution in [1.82, 2.24) is 0 Å². The lowest BCUT2D eigenvalue weighted by Gasteiger charge is -2.15. The van der Waals surface area contributed by atoms with Gasteiger partial charge in [0.25, 0.3) is 0 Å². The van der Waals surface area contributed by atoms with Crippen LogP contribution in [0.15, 0.2) is 16.6 Å². The van der Waals surface area contributed by atoms with Crippen molar-refractivity contribution in [3.63, 3.8) is 0 Å². The SMILES string of the molecule is COC(=O)c1sccc1C(O)C(O)CN=[N+]=[N-]. The maximum Gasteiger partial charge on any atom is 0.348 e. The Morgan fingerprint density at radius 2 is 2.41 bits per heavy atom. The molecule has 0 amide bonds. The van der Waals surface area contributed by atoms with E-state index in [0.29, 0.717) is 0 Å². The number of ether oxygens (including phenoxy) is 1. The monoisotopic (exact) mass is 257 g/mol. The molecule has 1 aromatic rings. The number of hydrogen-bond donors (Lipinski definition) is 2. The maximum absolute atomic E-state index is 11.3. The van der Waals surface area contributed by atoms with Gasteiger partial charge in [-0.3, -0.25) is 0 Å². The lowest BCUT2D eigenvalue weighted by Crippen LogP contribution is -2.22. The molecule has 0 spiro atoms. The number of aliphatic hydroxyl groups is 2. The van der Waals surface area contributed by atoms with Gasteiger partial charge in [-0.05, 0) is 17.0 Å². The first-order chi connectivity index (χ1) is 8.11. The van der Waals surface area contributed by atoms with Gasteiger partial charge >= 0.3 is 5.97 Å². The molecule has 0 radical (unpaired) electrons. The Kier molecular flexibility index (Phi) is 4.92. The third-order valence-corrected chi connectivity index (χ3v) is 2.99. The summed E-state index contributed by atoms with van der Waals surface area (Å²) in [4.78, 5) is 14.1. The molecule has 0 aliphatic rings. The fourth-order valence-corrected chi connectivity index (χ4v) is 2.09. The minimum absolute atomic E-state index is 0.222. The minimum atomic E-state index is -1.29. The molecule has 8 heteroatoms. The highest BCUT2D eigenvalue weighted by Crippen LogP contribution is 2.26. The molecule has 2 N–H and O–H groups in total. The first-order valence-corrected chi connectivity index (χ1v) is 5.52. The van der Waals surface area contributed by atoms with E-state index in [1.807, 2.05) is 0 Å². The van der Waals surface area contributed by atoms with E-state index in [9.17, 15) is 15.0 Å². The number of azide groups is 1. The van der Waals surface area contributed by atoms with Gasteiger partial charge in [-0.15, -0.1) is 11.3 Å². The van der Waals surface area contributed by atoms with Crippen molar-refractivity contribution in [2.75, 3.05) is 13.7 Å². The lowest BCUT2D eigenvalue weighted by molar-refractivity contribution is 0.0233. The van der Waals surface area contributed by atoms with Gasteiger partial charge in [-0.2, -0.15) is 0 Å². The number of methoxy groups -OCH3 is 1. The minimum Gasteiger partial charge on any atom is -0.465 e. The van der Waals surface area contributed by atoms with Crippen molar-refractivity contribution >= 4 is 17.3 Å². The average molecular weight is 257 g/mol. The number of aliphatic hydroxyl groups excluding tert-OH is 2. The van der Waals surface area contributed by atoms with E-state index in [2.05, 4.69) is 14.8 Å². The highest BCUT2D eigenvalue weighted by Gasteiger charge is 2.24. The molecule has 0 aromatic carbocycles. The molecule has 0 saturated heterocycles. The van der Waals surface area contributed by atoms with Gasteiger partial charge < -0.3 is 14.9 Å². The Balaban J connectivity index is 2.88. The normalized spacial score (nSPS) is 13.6. The van der Waals surface area contributed by atoms with Crippen molar-refractivity contribution in [2.24, 2.45) is 5.11 Å². The van der Waals surface area contributed by atoms with Gasteiger partial charge in [0.1, 0.15) is 11.0 Å². The van der Waals surface area contributed by atoms with Crippen LogP contribution in [-0.2, 0) is 4.74 Å². The Bertz CT molecular complexity index is 441. The summed E-state index contributed by atoms with van der Waals surface area (Å²) in [5, 5.41) is 24.1. The molecule has 0 aliphatic heterocycles. The molecule has 2 unspecified atom stereocenters. The summed E-state index contributed by atoms with van der Waals surface area (Å²) in [5.41, 5.74) is 8.37. The number of nitrogens with zero attached hydrogens (tertiary/aromatic N) is 3. The van der Waals surface area contributed by atoms with Crippen LogP contribution in [0.5, 0.6) is 0 Å². The van der Waals surface area contributed by atoms with Crippen LogP contribution in [0.2, 0.25) is 0 Å².